The molecular formula is C9H10FNO5. The molecule has 1 aromatic rings. The smallest absolute Gasteiger partial charge is 0.338 e. The van der Waals surface area contributed by atoms with Crippen LogP contribution < -0.4 is 0 Å². The van der Waals surface area contributed by atoms with E-state index < -0.39 is 41.9 Å². The molecule has 0 aromatic carbocycles. The number of carboxylic acid groups (broad SMARTS) is 1. The lowest BCUT2D eigenvalue weighted by Gasteiger charge is -2.15. The van der Waals surface area contributed by atoms with Crippen molar-refractivity contribution in [2.45, 2.75) is 12.2 Å². The molecule has 0 saturated carbocycles. The van der Waals surface area contributed by atoms with Gasteiger partial charge >= 0.3 is 5.97 Å². The Balaban J connectivity index is 3.15. The van der Waals surface area contributed by atoms with Gasteiger partial charge in [-0.1, -0.05) is 0 Å². The highest BCUT2D eigenvalue weighted by Crippen LogP contribution is 2.20. The van der Waals surface area contributed by atoms with Crippen LogP contribution in [0.25, 0.3) is 0 Å². The second-order valence-corrected chi connectivity index (χ2v) is 3.06. The summed E-state index contributed by atoms with van der Waals surface area (Å²) in [6.07, 6.45) is -2.40. The number of nitrogens with zero attached hydrogens (tertiary/aromatic N) is 1. The number of aliphatic hydroxyl groups is 3. The minimum absolute atomic E-state index is 0.610. The van der Waals surface area contributed by atoms with E-state index in [9.17, 15) is 14.3 Å². The summed E-state index contributed by atoms with van der Waals surface area (Å²) in [4.78, 5) is 14.0. The van der Waals surface area contributed by atoms with Crippen LogP contribution in [0.4, 0.5) is 4.39 Å². The lowest BCUT2D eigenvalue weighted by atomic mass is 10.1. The molecule has 88 valence electrons. The van der Waals surface area contributed by atoms with Crippen LogP contribution >= 0.6 is 0 Å². The third kappa shape index (κ3) is 2.32. The number of pyridine rings is 1. The predicted octanol–water partition coefficient (Wildman–Crippen LogP) is -0.695. The average Bonchev–Trinajstić information content (AvgIpc) is 2.27. The van der Waals surface area contributed by atoms with Crippen molar-refractivity contribution in [3.8, 4) is 0 Å². The zero-order valence-corrected chi connectivity index (χ0v) is 8.04. The van der Waals surface area contributed by atoms with Crippen LogP contribution in [0.1, 0.15) is 22.2 Å². The number of aromatic carboxylic acids is 1. The fourth-order valence-corrected chi connectivity index (χ4v) is 1.11. The molecule has 2 atom stereocenters. The van der Waals surface area contributed by atoms with Crippen LogP contribution in [0.3, 0.4) is 0 Å². The first kappa shape index (κ1) is 12.5. The molecule has 0 bridgehead atoms. The number of carbonyl (C=O) groups is 1. The van der Waals surface area contributed by atoms with Gasteiger partial charge in [0.15, 0.2) is 5.82 Å². The predicted molar refractivity (Wildman–Crippen MR) is 49.2 cm³/mol. The van der Waals surface area contributed by atoms with Gasteiger partial charge < -0.3 is 20.4 Å². The Morgan fingerprint density at radius 3 is 2.62 bits per heavy atom. The summed E-state index contributed by atoms with van der Waals surface area (Å²) in [7, 11) is 0. The number of carboxylic acids is 1. The second kappa shape index (κ2) is 4.97. The Morgan fingerprint density at radius 2 is 2.12 bits per heavy atom. The molecule has 0 amide bonds. The van der Waals surface area contributed by atoms with E-state index in [0.29, 0.717) is 0 Å². The number of hydrogen-bond donors (Lipinski definition) is 4. The average molecular weight is 231 g/mol. The van der Waals surface area contributed by atoms with E-state index in [1.54, 1.807) is 0 Å². The summed E-state index contributed by atoms with van der Waals surface area (Å²) >= 11 is 0. The van der Waals surface area contributed by atoms with Gasteiger partial charge in [-0.25, -0.2) is 9.18 Å². The quantitative estimate of drug-likeness (QED) is 0.545. The van der Waals surface area contributed by atoms with Crippen LogP contribution in [-0.2, 0) is 0 Å². The van der Waals surface area contributed by atoms with Gasteiger partial charge in [-0.2, -0.15) is 0 Å². The molecule has 0 radical (unpaired) electrons. The minimum Gasteiger partial charge on any atom is -0.478 e. The van der Waals surface area contributed by atoms with E-state index in [0.717, 1.165) is 12.3 Å². The maximum absolute atomic E-state index is 13.5. The molecule has 1 heterocycles. The van der Waals surface area contributed by atoms with E-state index in [2.05, 4.69) is 4.98 Å². The first-order valence-corrected chi connectivity index (χ1v) is 4.33. The standard InChI is InChI=1S/C9H10FNO5/c10-6-4(9(15)16)1-2-11-7(6)8(14)5(13)3-12/h1-2,5,8,12-14H,3H2,(H,15,16). The Labute approximate surface area is 89.6 Å². The summed E-state index contributed by atoms with van der Waals surface area (Å²) in [5, 5.41) is 35.6. The number of aliphatic hydroxyl groups excluding tert-OH is 3. The van der Waals surface area contributed by atoms with E-state index >= 15 is 0 Å². The van der Waals surface area contributed by atoms with Crippen LogP contribution in [0.2, 0.25) is 0 Å². The third-order valence-electron chi connectivity index (χ3n) is 1.98. The monoisotopic (exact) mass is 231 g/mol. The summed E-state index contributed by atoms with van der Waals surface area (Å²) in [6.45, 7) is -0.792. The van der Waals surface area contributed by atoms with Crippen molar-refractivity contribution in [3.63, 3.8) is 0 Å². The molecule has 2 unspecified atom stereocenters. The van der Waals surface area contributed by atoms with Gasteiger partial charge in [0.25, 0.3) is 0 Å². The highest BCUT2D eigenvalue weighted by molar-refractivity contribution is 5.87. The van der Waals surface area contributed by atoms with Crippen LogP contribution in [0.5, 0.6) is 0 Å². The molecule has 0 spiro atoms. The number of rotatable bonds is 4. The third-order valence-corrected chi connectivity index (χ3v) is 1.98. The van der Waals surface area contributed by atoms with Crippen LogP contribution in [0, 0.1) is 5.82 Å². The highest BCUT2D eigenvalue weighted by Gasteiger charge is 2.25. The molecule has 4 N–H and O–H groups in total. The maximum Gasteiger partial charge on any atom is 0.338 e. The molecule has 1 rings (SSSR count). The number of hydrogen-bond acceptors (Lipinski definition) is 5. The zero-order chi connectivity index (χ0) is 12.3. The molecule has 0 saturated heterocycles. The zero-order valence-electron chi connectivity index (χ0n) is 8.04. The van der Waals surface area contributed by atoms with Gasteiger partial charge in [0.2, 0.25) is 0 Å². The fraction of sp³-hybridized carbons (Fsp3) is 0.333. The molecule has 1 aromatic heterocycles. The summed E-state index contributed by atoms with van der Waals surface area (Å²) < 4.78 is 13.5. The fourth-order valence-electron chi connectivity index (χ4n) is 1.11. The SMILES string of the molecule is O=C(O)c1ccnc(C(O)C(O)CO)c1F. The highest BCUT2D eigenvalue weighted by atomic mass is 19.1. The number of halogens is 1. The van der Waals surface area contributed by atoms with Crippen molar-refractivity contribution in [2.75, 3.05) is 6.61 Å². The van der Waals surface area contributed by atoms with E-state index in [4.69, 9.17) is 15.3 Å². The van der Waals surface area contributed by atoms with Crippen LogP contribution in [-0.4, -0.2) is 44.1 Å². The Hall–Kier alpha value is -1.57. The van der Waals surface area contributed by atoms with Gasteiger partial charge in [0.05, 0.1) is 12.2 Å². The lowest BCUT2D eigenvalue weighted by Crippen LogP contribution is -2.24. The molecule has 0 aliphatic rings. The van der Waals surface area contributed by atoms with E-state index in [-0.39, 0.29) is 0 Å². The Bertz CT molecular complexity index is 397. The van der Waals surface area contributed by atoms with E-state index in [1.165, 1.54) is 0 Å². The van der Waals surface area contributed by atoms with Crippen molar-refractivity contribution in [3.05, 3.63) is 29.3 Å². The van der Waals surface area contributed by atoms with Gasteiger partial charge in [-0.3, -0.25) is 4.98 Å². The normalized spacial score (nSPS) is 14.5. The lowest BCUT2D eigenvalue weighted by molar-refractivity contribution is -0.0190. The molecule has 7 heteroatoms. The number of aromatic nitrogens is 1. The summed E-state index contributed by atoms with van der Waals surface area (Å²) in [6, 6.07) is 0.930. The van der Waals surface area contributed by atoms with Crippen LogP contribution in [0.15, 0.2) is 12.3 Å². The molecule has 16 heavy (non-hydrogen) atoms. The second-order valence-electron chi connectivity index (χ2n) is 3.06. The van der Waals surface area contributed by atoms with Crippen molar-refractivity contribution in [2.24, 2.45) is 0 Å². The maximum atomic E-state index is 13.5. The largest absolute Gasteiger partial charge is 0.478 e. The molecular weight excluding hydrogens is 221 g/mol. The Morgan fingerprint density at radius 1 is 1.50 bits per heavy atom. The summed E-state index contributed by atoms with van der Waals surface area (Å²) in [5.74, 6) is -2.73. The molecule has 0 aliphatic heterocycles. The van der Waals surface area contributed by atoms with E-state index in [1.807, 2.05) is 0 Å². The summed E-state index contributed by atoms with van der Waals surface area (Å²) in [5.41, 5.74) is -1.27. The Kier molecular flexibility index (Phi) is 3.88. The molecule has 0 aliphatic carbocycles. The van der Waals surface area contributed by atoms with Gasteiger partial charge in [-0.05, 0) is 6.07 Å². The molecule has 0 fully saturated rings. The first-order valence-electron chi connectivity index (χ1n) is 4.33. The first-order chi connectivity index (χ1) is 7.49. The van der Waals surface area contributed by atoms with Crippen molar-refractivity contribution in [1.82, 2.24) is 4.98 Å². The van der Waals surface area contributed by atoms with Crippen molar-refractivity contribution in [1.29, 1.82) is 0 Å². The van der Waals surface area contributed by atoms with Gasteiger partial charge in [-0.15, -0.1) is 0 Å². The van der Waals surface area contributed by atoms with Gasteiger partial charge in [0, 0.05) is 6.20 Å². The molecule has 6 nitrogen and oxygen atoms in total. The van der Waals surface area contributed by atoms with Crippen molar-refractivity contribution >= 4 is 5.97 Å². The van der Waals surface area contributed by atoms with Gasteiger partial charge in [0.1, 0.15) is 17.9 Å². The topological polar surface area (TPSA) is 111 Å². The minimum atomic E-state index is -1.77. The van der Waals surface area contributed by atoms with Crippen molar-refractivity contribution < 1.29 is 29.6 Å².